The minimum absolute atomic E-state index is 0.100. The molecule has 0 saturated heterocycles. The summed E-state index contributed by atoms with van der Waals surface area (Å²) in [5, 5.41) is 17.9. The average Bonchev–Trinajstić information content (AvgIpc) is 3.10. The number of nitro groups is 1. The van der Waals surface area contributed by atoms with Crippen molar-refractivity contribution in [2.24, 2.45) is 0 Å². The maximum Gasteiger partial charge on any atom is 0.341 e. The Balaban J connectivity index is 1.92. The SMILES string of the molecule is CCOc1ccc(NC(=S)Nc2sc(C)c(-c3ccccc3)c2C(=O)OC)c([N+](=O)[O-])c1. The summed E-state index contributed by atoms with van der Waals surface area (Å²) in [6, 6.07) is 13.9. The molecule has 2 aromatic carbocycles. The molecule has 0 spiro atoms. The Kier molecular flexibility index (Phi) is 7.39. The first-order chi connectivity index (χ1) is 15.3. The summed E-state index contributed by atoms with van der Waals surface area (Å²) >= 11 is 6.72. The van der Waals surface area contributed by atoms with Crippen LogP contribution in [0.25, 0.3) is 11.1 Å². The Morgan fingerprint density at radius 2 is 1.91 bits per heavy atom. The summed E-state index contributed by atoms with van der Waals surface area (Å²) in [7, 11) is 1.31. The van der Waals surface area contributed by atoms with Gasteiger partial charge in [0.1, 0.15) is 22.0 Å². The molecule has 0 radical (unpaired) electrons. The van der Waals surface area contributed by atoms with Crippen molar-refractivity contribution in [3.63, 3.8) is 0 Å². The van der Waals surface area contributed by atoms with Crippen molar-refractivity contribution in [2.75, 3.05) is 24.4 Å². The molecule has 0 atom stereocenters. The number of carbonyl (C=O) groups is 1. The lowest BCUT2D eigenvalue weighted by Gasteiger charge is -2.12. The van der Waals surface area contributed by atoms with Gasteiger partial charge in [0.15, 0.2) is 5.11 Å². The molecule has 166 valence electrons. The molecule has 10 heteroatoms. The number of esters is 1. The number of ether oxygens (including phenoxy) is 2. The molecule has 1 aromatic heterocycles. The normalized spacial score (nSPS) is 10.3. The topological polar surface area (TPSA) is 103 Å². The Morgan fingerprint density at radius 1 is 1.19 bits per heavy atom. The number of methoxy groups -OCH3 is 1. The fourth-order valence-corrected chi connectivity index (χ4v) is 4.51. The fourth-order valence-electron chi connectivity index (χ4n) is 3.16. The lowest BCUT2D eigenvalue weighted by molar-refractivity contribution is -0.384. The molecule has 8 nitrogen and oxygen atoms in total. The quantitative estimate of drug-likeness (QED) is 0.198. The van der Waals surface area contributed by atoms with E-state index in [9.17, 15) is 14.9 Å². The highest BCUT2D eigenvalue weighted by molar-refractivity contribution is 7.80. The van der Waals surface area contributed by atoms with Gasteiger partial charge >= 0.3 is 5.97 Å². The van der Waals surface area contributed by atoms with E-state index in [0.29, 0.717) is 22.9 Å². The van der Waals surface area contributed by atoms with Crippen LogP contribution in [0.2, 0.25) is 0 Å². The van der Waals surface area contributed by atoms with Crippen LogP contribution < -0.4 is 15.4 Å². The summed E-state index contributed by atoms with van der Waals surface area (Å²) in [4.78, 5) is 24.5. The summed E-state index contributed by atoms with van der Waals surface area (Å²) in [5.41, 5.74) is 2.00. The number of nitro benzene ring substituents is 1. The maximum absolute atomic E-state index is 12.6. The fraction of sp³-hybridized carbons (Fsp3) is 0.182. The van der Waals surface area contributed by atoms with Gasteiger partial charge < -0.3 is 20.1 Å². The number of benzene rings is 2. The molecule has 3 rings (SSSR count). The monoisotopic (exact) mass is 471 g/mol. The van der Waals surface area contributed by atoms with Gasteiger partial charge in [0.2, 0.25) is 0 Å². The summed E-state index contributed by atoms with van der Waals surface area (Å²) in [5.74, 6) is -0.122. The van der Waals surface area contributed by atoms with Crippen LogP contribution in [0.3, 0.4) is 0 Å². The van der Waals surface area contributed by atoms with Gasteiger partial charge in [-0.25, -0.2) is 4.79 Å². The third-order valence-electron chi connectivity index (χ3n) is 4.49. The minimum Gasteiger partial charge on any atom is -0.494 e. The molecule has 3 aromatic rings. The molecule has 0 aliphatic rings. The zero-order valence-electron chi connectivity index (χ0n) is 17.6. The second-order valence-electron chi connectivity index (χ2n) is 6.54. The largest absolute Gasteiger partial charge is 0.494 e. The number of hydrogen-bond donors (Lipinski definition) is 2. The molecule has 0 unspecified atom stereocenters. The van der Waals surface area contributed by atoms with Gasteiger partial charge in [-0.1, -0.05) is 30.3 Å². The third-order valence-corrected chi connectivity index (χ3v) is 5.71. The van der Waals surface area contributed by atoms with E-state index in [4.69, 9.17) is 21.7 Å². The molecule has 0 amide bonds. The van der Waals surface area contributed by atoms with Gasteiger partial charge in [-0.15, -0.1) is 11.3 Å². The number of hydrogen-bond acceptors (Lipinski definition) is 7. The summed E-state index contributed by atoms with van der Waals surface area (Å²) < 4.78 is 10.3. The zero-order chi connectivity index (χ0) is 23.3. The Bertz CT molecular complexity index is 1160. The molecule has 32 heavy (non-hydrogen) atoms. The van der Waals surface area contributed by atoms with E-state index in [2.05, 4.69) is 10.6 Å². The second kappa shape index (κ2) is 10.2. The Hall–Kier alpha value is -3.50. The number of aryl methyl sites for hydroxylation is 1. The number of nitrogens with one attached hydrogen (secondary N) is 2. The highest BCUT2D eigenvalue weighted by atomic mass is 32.1. The predicted octanol–water partition coefficient (Wildman–Crippen LogP) is 5.63. The molecular formula is C22H21N3O5S2. The van der Waals surface area contributed by atoms with Crippen molar-refractivity contribution in [1.82, 2.24) is 0 Å². The van der Waals surface area contributed by atoms with Crippen LogP contribution in [-0.2, 0) is 4.74 Å². The number of thiocarbonyl (C=S) groups is 1. The van der Waals surface area contributed by atoms with Crippen molar-refractivity contribution in [1.29, 1.82) is 0 Å². The lowest BCUT2D eigenvalue weighted by atomic mass is 10.0. The highest BCUT2D eigenvalue weighted by Gasteiger charge is 2.25. The van der Waals surface area contributed by atoms with Crippen molar-refractivity contribution < 1.29 is 19.2 Å². The molecule has 0 bridgehead atoms. The minimum atomic E-state index is -0.518. The number of carbonyl (C=O) groups excluding carboxylic acids is 1. The number of anilines is 2. The molecule has 2 N–H and O–H groups in total. The van der Waals surface area contributed by atoms with Gasteiger partial charge in [0.25, 0.3) is 5.69 Å². The smallest absolute Gasteiger partial charge is 0.341 e. The van der Waals surface area contributed by atoms with E-state index >= 15 is 0 Å². The van der Waals surface area contributed by atoms with Crippen LogP contribution in [-0.4, -0.2) is 29.7 Å². The van der Waals surface area contributed by atoms with E-state index in [1.54, 1.807) is 13.0 Å². The Morgan fingerprint density at radius 3 is 2.53 bits per heavy atom. The van der Waals surface area contributed by atoms with Crippen LogP contribution in [0.1, 0.15) is 22.2 Å². The maximum atomic E-state index is 12.6. The van der Waals surface area contributed by atoms with Crippen LogP contribution >= 0.6 is 23.6 Å². The van der Waals surface area contributed by atoms with Gasteiger partial charge in [0, 0.05) is 10.4 Å². The van der Waals surface area contributed by atoms with Crippen molar-refractivity contribution >= 4 is 51.0 Å². The van der Waals surface area contributed by atoms with E-state index in [0.717, 1.165) is 16.0 Å². The summed E-state index contributed by atoms with van der Waals surface area (Å²) in [6.07, 6.45) is 0. The van der Waals surface area contributed by atoms with Crippen LogP contribution in [0.15, 0.2) is 48.5 Å². The first-order valence-electron chi connectivity index (χ1n) is 9.62. The van der Waals surface area contributed by atoms with Crippen LogP contribution in [0.4, 0.5) is 16.4 Å². The van der Waals surface area contributed by atoms with Crippen molar-refractivity contribution in [3.05, 3.63) is 69.1 Å². The molecule has 1 heterocycles. The van der Waals surface area contributed by atoms with E-state index < -0.39 is 10.9 Å². The first-order valence-corrected chi connectivity index (χ1v) is 10.8. The first kappa shape index (κ1) is 23.2. The van der Waals surface area contributed by atoms with E-state index in [1.807, 2.05) is 37.3 Å². The van der Waals surface area contributed by atoms with Crippen molar-refractivity contribution in [2.45, 2.75) is 13.8 Å². The van der Waals surface area contributed by atoms with Gasteiger partial charge in [-0.3, -0.25) is 10.1 Å². The Labute approximate surface area is 194 Å². The molecular weight excluding hydrogens is 450 g/mol. The van der Waals surface area contributed by atoms with Crippen molar-refractivity contribution in [3.8, 4) is 16.9 Å². The van der Waals surface area contributed by atoms with Gasteiger partial charge in [-0.2, -0.15) is 0 Å². The number of nitrogens with zero attached hydrogens (tertiary/aromatic N) is 1. The standard InChI is InChI=1S/C22H21N3O5S2/c1-4-30-15-10-11-16(17(12-15)25(27)28)23-22(31)24-20-19(21(26)29-3)18(13(2)32-20)14-8-6-5-7-9-14/h5-12H,4H2,1-3H3,(H2,23,24,31). The van der Waals surface area contributed by atoms with E-state index in [-0.39, 0.29) is 16.5 Å². The van der Waals surface area contributed by atoms with Gasteiger partial charge in [-0.05, 0) is 43.8 Å². The zero-order valence-corrected chi connectivity index (χ0v) is 19.3. The molecule has 0 saturated carbocycles. The predicted molar refractivity (Wildman–Crippen MR) is 130 cm³/mol. The van der Waals surface area contributed by atoms with Crippen LogP contribution in [0, 0.1) is 17.0 Å². The lowest BCUT2D eigenvalue weighted by Crippen LogP contribution is -2.20. The van der Waals surface area contributed by atoms with Gasteiger partial charge in [0.05, 0.1) is 24.7 Å². The van der Waals surface area contributed by atoms with Crippen LogP contribution in [0.5, 0.6) is 5.75 Å². The third kappa shape index (κ3) is 5.04. The molecule has 0 aliphatic carbocycles. The molecule has 0 aliphatic heterocycles. The van der Waals surface area contributed by atoms with E-state index in [1.165, 1.54) is 30.6 Å². The summed E-state index contributed by atoms with van der Waals surface area (Å²) in [6.45, 7) is 4.09. The average molecular weight is 472 g/mol. The number of rotatable bonds is 7. The second-order valence-corrected chi connectivity index (χ2v) is 8.18. The number of thiophene rings is 1. The molecule has 0 fully saturated rings. The highest BCUT2D eigenvalue weighted by Crippen LogP contribution is 2.40.